The van der Waals surface area contributed by atoms with Crippen LogP contribution < -0.4 is 25.3 Å². The van der Waals surface area contributed by atoms with Crippen molar-refractivity contribution in [2.45, 2.75) is 44.8 Å². The summed E-state index contributed by atoms with van der Waals surface area (Å²) in [5, 5.41) is 26.0. The molecule has 246 valence electrons. The first-order valence-corrected chi connectivity index (χ1v) is 16.3. The number of amides is 2. The Morgan fingerprint density at radius 1 is 0.848 bits per heavy atom. The predicted molar refractivity (Wildman–Crippen MR) is 180 cm³/mol. The average Bonchev–Trinajstić information content (AvgIpc) is 3.52. The average molecular weight is 632 g/mol. The zero-order chi connectivity index (χ0) is 32.0. The normalized spacial score (nSPS) is 22.3. The number of carbonyl (C=O) groups is 1. The van der Waals surface area contributed by atoms with Crippen molar-refractivity contribution < 1.29 is 19.7 Å². The van der Waals surface area contributed by atoms with Crippen LogP contribution in [0.3, 0.4) is 0 Å². The molecule has 3 atom stereocenters. The number of benzene rings is 2. The number of aliphatic hydroxyl groups excluding tert-OH is 2. The van der Waals surface area contributed by atoms with Gasteiger partial charge in [-0.2, -0.15) is 15.0 Å². The first kappa shape index (κ1) is 31.9. The largest absolute Gasteiger partial charge is 0.394 e. The molecule has 3 fully saturated rings. The van der Waals surface area contributed by atoms with E-state index in [1.165, 1.54) is 0 Å². The van der Waals surface area contributed by atoms with Crippen molar-refractivity contribution in [2.24, 2.45) is 0 Å². The topological polar surface area (TPSA) is 142 Å². The molecule has 3 aromatic rings. The van der Waals surface area contributed by atoms with Crippen LogP contribution in [-0.2, 0) is 4.74 Å². The van der Waals surface area contributed by atoms with Gasteiger partial charge < -0.3 is 45.2 Å². The Hall–Kier alpha value is -4.04. The Kier molecular flexibility index (Phi) is 10.1. The van der Waals surface area contributed by atoms with E-state index >= 15 is 0 Å². The van der Waals surface area contributed by atoms with Crippen molar-refractivity contribution in [1.29, 1.82) is 0 Å². The van der Waals surface area contributed by atoms with Crippen LogP contribution in [0.4, 0.5) is 33.8 Å². The highest BCUT2D eigenvalue weighted by atomic mass is 16.5. The summed E-state index contributed by atoms with van der Waals surface area (Å²) in [5.74, 6) is 1.45. The van der Waals surface area contributed by atoms with E-state index in [1.807, 2.05) is 41.3 Å². The van der Waals surface area contributed by atoms with E-state index in [4.69, 9.17) is 19.7 Å². The number of carbonyl (C=O) groups excluding carboxylic acids is 1. The van der Waals surface area contributed by atoms with Gasteiger partial charge in [-0.05, 0) is 74.8 Å². The number of morpholine rings is 1. The maximum atomic E-state index is 12.8. The van der Waals surface area contributed by atoms with Crippen LogP contribution in [0.25, 0.3) is 11.4 Å². The van der Waals surface area contributed by atoms with Crippen LogP contribution in [0.5, 0.6) is 0 Å². The van der Waals surface area contributed by atoms with Crippen molar-refractivity contribution in [3.05, 3.63) is 48.5 Å². The molecule has 13 heteroatoms. The molecule has 3 aliphatic heterocycles. The molecule has 13 nitrogen and oxygen atoms in total. The molecule has 0 aliphatic carbocycles. The Balaban J connectivity index is 1.15. The number of aromatic nitrogens is 3. The number of nitrogens with one attached hydrogen (secondary N) is 2. The summed E-state index contributed by atoms with van der Waals surface area (Å²) in [4.78, 5) is 36.2. The second kappa shape index (κ2) is 14.6. The second-order valence-electron chi connectivity index (χ2n) is 12.2. The Morgan fingerprint density at radius 3 is 2.04 bits per heavy atom. The minimum absolute atomic E-state index is 0.0519. The third-order valence-corrected chi connectivity index (χ3v) is 9.22. The number of urea groups is 1. The van der Waals surface area contributed by atoms with Gasteiger partial charge in [0.2, 0.25) is 11.9 Å². The molecule has 1 aromatic heterocycles. The van der Waals surface area contributed by atoms with E-state index in [9.17, 15) is 15.0 Å². The van der Waals surface area contributed by atoms with E-state index in [0.717, 1.165) is 62.5 Å². The van der Waals surface area contributed by atoms with Gasteiger partial charge in [-0.15, -0.1) is 0 Å². The highest BCUT2D eigenvalue weighted by Gasteiger charge is 2.36. The number of piperazine rings is 1. The van der Waals surface area contributed by atoms with E-state index in [0.29, 0.717) is 43.2 Å². The number of ether oxygens (including phenoxy) is 1. The van der Waals surface area contributed by atoms with Crippen LogP contribution in [0.15, 0.2) is 48.5 Å². The number of hydrogen-bond donors (Lipinski definition) is 4. The van der Waals surface area contributed by atoms with Gasteiger partial charge in [0.05, 0.1) is 44.6 Å². The van der Waals surface area contributed by atoms with Gasteiger partial charge in [-0.3, -0.25) is 0 Å². The second-order valence-corrected chi connectivity index (χ2v) is 12.2. The molecule has 0 bridgehead atoms. The molecule has 0 saturated carbocycles. The van der Waals surface area contributed by atoms with Crippen LogP contribution in [-0.4, -0.2) is 120 Å². The van der Waals surface area contributed by atoms with Gasteiger partial charge in [0.25, 0.3) is 0 Å². The fourth-order valence-corrected chi connectivity index (χ4v) is 6.47. The zero-order valence-corrected chi connectivity index (χ0v) is 26.7. The lowest BCUT2D eigenvalue weighted by molar-refractivity contribution is 0.0981. The summed E-state index contributed by atoms with van der Waals surface area (Å²) >= 11 is 0. The fourth-order valence-electron chi connectivity index (χ4n) is 6.47. The van der Waals surface area contributed by atoms with Gasteiger partial charge in [0.15, 0.2) is 5.82 Å². The zero-order valence-electron chi connectivity index (χ0n) is 26.7. The molecule has 3 aliphatic rings. The lowest BCUT2D eigenvalue weighted by Gasteiger charge is -2.35. The number of hydrogen-bond acceptors (Lipinski definition) is 11. The molecular weight excluding hydrogens is 586 g/mol. The van der Waals surface area contributed by atoms with Crippen molar-refractivity contribution in [1.82, 2.24) is 19.9 Å². The van der Waals surface area contributed by atoms with Crippen molar-refractivity contribution >= 4 is 35.0 Å². The third kappa shape index (κ3) is 7.17. The summed E-state index contributed by atoms with van der Waals surface area (Å²) in [6.07, 6.45) is 1.49. The van der Waals surface area contributed by atoms with Crippen molar-refractivity contribution in [3.63, 3.8) is 0 Å². The summed E-state index contributed by atoms with van der Waals surface area (Å²) in [6, 6.07) is 14.7. The van der Waals surface area contributed by atoms with Crippen LogP contribution >= 0.6 is 0 Å². The molecular formula is C33H45N9O4. The van der Waals surface area contributed by atoms with Crippen molar-refractivity contribution in [3.8, 4) is 11.4 Å². The van der Waals surface area contributed by atoms with E-state index < -0.39 is 0 Å². The monoisotopic (exact) mass is 631 g/mol. The standard InChI is InChI=1S/C33H45N9O4/c1-3-39-14-16-40(17-15-39)27-10-8-26(9-11-27)35-33(45)34-25-6-4-24(5-7-25)30-36-31(41-18-19-46-22-23(41)2)38-32(37-30)42-28(20-43)12-13-29(42)21-44/h4-11,23,28-29,43-44H,3,12-22H2,1-2H3,(H2,34,35,45). The Bertz CT molecular complexity index is 1440. The molecule has 2 aromatic carbocycles. The fraction of sp³-hybridized carbons (Fsp3) is 0.515. The molecule has 3 unspecified atom stereocenters. The quantitative estimate of drug-likeness (QED) is 0.277. The lowest BCUT2D eigenvalue weighted by Crippen LogP contribution is -2.46. The van der Waals surface area contributed by atoms with Crippen LogP contribution in [0.2, 0.25) is 0 Å². The molecule has 6 rings (SSSR count). The highest BCUT2D eigenvalue weighted by Crippen LogP contribution is 2.31. The van der Waals surface area contributed by atoms with Gasteiger partial charge in [0.1, 0.15) is 0 Å². The minimum atomic E-state index is -0.331. The Labute approximate surface area is 270 Å². The van der Waals surface area contributed by atoms with Crippen molar-refractivity contribution in [2.75, 3.05) is 91.0 Å². The maximum absolute atomic E-state index is 12.8. The van der Waals surface area contributed by atoms with E-state index in [1.54, 1.807) is 0 Å². The lowest BCUT2D eigenvalue weighted by atomic mass is 10.2. The van der Waals surface area contributed by atoms with Gasteiger partial charge >= 0.3 is 6.03 Å². The first-order chi connectivity index (χ1) is 22.4. The SMILES string of the molecule is CCN1CCN(c2ccc(NC(=O)Nc3ccc(-c4nc(N5CCOCC5C)nc(N5C(CO)CCC5CO)n4)cc3)cc2)CC1. The summed E-state index contributed by atoms with van der Waals surface area (Å²) < 4.78 is 5.63. The molecule has 4 heterocycles. The molecule has 0 spiro atoms. The molecule has 2 amide bonds. The van der Waals surface area contributed by atoms with E-state index in [-0.39, 0.29) is 37.4 Å². The van der Waals surface area contributed by atoms with E-state index in [2.05, 4.69) is 51.3 Å². The minimum Gasteiger partial charge on any atom is -0.394 e. The van der Waals surface area contributed by atoms with Gasteiger partial charge in [-0.25, -0.2) is 4.79 Å². The highest BCUT2D eigenvalue weighted by molar-refractivity contribution is 5.99. The third-order valence-electron chi connectivity index (χ3n) is 9.22. The summed E-state index contributed by atoms with van der Waals surface area (Å²) in [7, 11) is 0. The number of nitrogens with zero attached hydrogens (tertiary/aromatic N) is 7. The van der Waals surface area contributed by atoms with Crippen LogP contribution in [0, 0.1) is 0 Å². The van der Waals surface area contributed by atoms with Crippen LogP contribution in [0.1, 0.15) is 26.7 Å². The smallest absolute Gasteiger partial charge is 0.323 e. The molecule has 0 radical (unpaired) electrons. The number of rotatable bonds is 9. The molecule has 4 N–H and O–H groups in total. The summed E-state index contributed by atoms with van der Waals surface area (Å²) in [6.45, 7) is 11.2. The summed E-state index contributed by atoms with van der Waals surface area (Å²) in [5.41, 5.74) is 3.26. The number of aliphatic hydroxyl groups is 2. The molecule has 3 saturated heterocycles. The maximum Gasteiger partial charge on any atom is 0.323 e. The predicted octanol–water partition coefficient (Wildman–Crippen LogP) is 2.87. The van der Waals surface area contributed by atoms with Gasteiger partial charge in [-0.1, -0.05) is 6.92 Å². The first-order valence-electron chi connectivity index (χ1n) is 16.3. The molecule has 46 heavy (non-hydrogen) atoms. The van der Waals surface area contributed by atoms with Gasteiger partial charge in [0, 0.05) is 55.3 Å². The number of anilines is 5. The number of likely N-dealkylation sites (N-methyl/N-ethyl adjacent to an activating group) is 1. The Morgan fingerprint density at radius 2 is 1.46 bits per heavy atom.